The SMILES string of the molecule is CCCCCCC=Cc1cc[c]cc1. The van der Waals surface area contributed by atoms with Crippen LogP contribution in [0, 0.1) is 6.07 Å². The molecule has 1 rings (SSSR count). The van der Waals surface area contributed by atoms with Crippen molar-refractivity contribution in [3.05, 3.63) is 42.0 Å². The van der Waals surface area contributed by atoms with Crippen LogP contribution in [0.1, 0.15) is 44.6 Å². The van der Waals surface area contributed by atoms with E-state index in [1.165, 1.54) is 37.7 Å². The highest BCUT2D eigenvalue weighted by Crippen LogP contribution is 2.06. The van der Waals surface area contributed by atoms with Crippen LogP contribution >= 0.6 is 0 Å². The minimum atomic E-state index is 1.21. The molecule has 0 unspecified atom stereocenters. The fourth-order valence-electron chi connectivity index (χ4n) is 1.42. The van der Waals surface area contributed by atoms with Crippen LogP contribution < -0.4 is 0 Å². The highest BCUT2D eigenvalue weighted by Gasteiger charge is 1.85. The third-order valence-electron chi connectivity index (χ3n) is 2.28. The van der Waals surface area contributed by atoms with Crippen molar-refractivity contribution in [2.45, 2.75) is 39.0 Å². The van der Waals surface area contributed by atoms with Gasteiger partial charge in [-0.05, 0) is 24.5 Å². The minimum Gasteiger partial charge on any atom is -0.0839 e. The van der Waals surface area contributed by atoms with E-state index in [2.05, 4.69) is 37.3 Å². The molecule has 0 amide bonds. The van der Waals surface area contributed by atoms with Crippen molar-refractivity contribution in [1.82, 2.24) is 0 Å². The zero-order valence-corrected chi connectivity index (χ0v) is 9.00. The minimum absolute atomic E-state index is 1.21. The van der Waals surface area contributed by atoms with E-state index < -0.39 is 0 Å². The van der Waals surface area contributed by atoms with Crippen LogP contribution in [-0.2, 0) is 0 Å². The van der Waals surface area contributed by atoms with Crippen molar-refractivity contribution in [1.29, 1.82) is 0 Å². The van der Waals surface area contributed by atoms with Gasteiger partial charge >= 0.3 is 0 Å². The molecule has 0 aliphatic carbocycles. The van der Waals surface area contributed by atoms with Gasteiger partial charge in [0.25, 0.3) is 0 Å². The van der Waals surface area contributed by atoms with E-state index in [1.807, 2.05) is 12.1 Å². The van der Waals surface area contributed by atoms with E-state index in [0.29, 0.717) is 0 Å². The maximum atomic E-state index is 3.02. The summed E-state index contributed by atoms with van der Waals surface area (Å²) >= 11 is 0. The van der Waals surface area contributed by atoms with Gasteiger partial charge in [0.2, 0.25) is 0 Å². The largest absolute Gasteiger partial charge is 0.0839 e. The summed E-state index contributed by atoms with van der Waals surface area (Å²) in [5.41, 5.74) is 1.28. The number of rotatable bonds is 6. The second-order valence-corrected chi connectivity index (χ2v) is 3.59. The number of hydrogen-bond acceptors (Lipinski definition) is 0. The second-order valence-electron chi connectivity index (χ2n) is 3.59. The lowest BCUT2D eigenvalue weighted by atomic mass is 10.1. The van der Waals surface area contributed by atoms with Crippen molar-refractivity contribution in [3.63, 3.8) is 0 Å². The predicted octanol–water partition coefficient (Wildman–Crippen LogP) is 4.47. The monoisotopic (exact) mass is 187 g/mol. The van der Waals surface area contributed by atoms with Gasteiger partial charge in [0.15, 0.2) is 0 Å². The smallest absolute Gasteiger partial charge is 0.0184 e. The molecule has 1 aromatic rings. The first-order chi connectivity index (χ1) is 6.93. The highest BCUT2D eigenvalue weighted by atomic mass is 13.9. The van der Waals surface area contributed by atoms with Crippen LogP contribution in [0.25, 0.3) is 6.08 Å². The van der Waals surface area contributed by atoms with Crippen molar-refractivity contribution in [2.75, 3.05) is 0 Å². The third-order valence-corrected chi connectivity index (χ3v) is 2.28. The fraction of sp³-hybridized carbons (Fsp3) is 0.429. The van der Waals surface area contributed by atoms with Crippen LogP contribution in [0.15, 0.2) is 30.3 Å². The summed E-state index contributed by atoms with van der Waals surface area (Å²) < 4.78 is 0. The molecule has 0 spiro atoms. The third kappa shape index (κ3) is 4.86. The van der Waals surface area contributed by atoms with Crippen molar-refractivity contribution in [3.8, 4) is 0 Å². The Morgan fingerprint density at radius 2 is 1.93 bits per heavy atom. The Morgan fingerprint density at radius 1 is 1.14 bits per heavy atom. The molecule has 0 N–H and O–H groups in total. The second kappa shape index (κ2) is 7.37. The summed E-state index contributed by atoms with van der Waals surface area (Å²) in [5, 5.41) is 0. The molecule has 0 aliphatic rings. The standard InChI is InChI=1S/C14H19/c1-2-3-4-5-6-8-11-14-12-9-7-10-13-14/h8-13H,2-6H2,1H3. The van der Waals surface area contributed by atoms with Crippen molar-refractivity contribution >= 4 is 6.08 Å². The van der Waals surface area contributed by atoms with Gasteiger partial charge < -0.3 is 0 Å². The summed E-state index contributed by atoms with van der Waals surface area (Å²) in [6.45, 7) is 2.25. The molecule has 1 aromatic carbocycles. The topological polar surface area (TPSA) is 0 Å². The molecule has 0 heterocycles. The molecule has 0 saturated heterocycles. The average Bonchev–Trinajstić information content (AvgIpc) is 2.25. The molecule has 0 heteroatoms. The summed E-state index contributed by atoms with van der Waals surface area (Å²) in [6, 6.07) is 11.1. The van der Waals surface area contributed by atoms with Crippen LogP contribution in [0.4, 0.5) is 0 Å². The van der Waals surface area contributed by atoms with Crippen LogP contribution in [-0.4, -0.2) is 0 Å². The molecular weight excluding hydrogens is 168 g/mol. The molecule has 0 bridgehead atoms. The van der Waals surface area contributed by atoms with Crippen molar-refractivity contribution < 1.29 is 0 Å². The Bertz CT molecular complexity index is 246. The van der Waals surface area contributed by atoms with E-state index >= 15 is 0 Å². The summed E-state index contributed by atoms with van der Waals surface area (Å²) in [5.74, 6) is 0. The van der Waals surface area contributed by atoms with Crippen LogP contribution in [0.2, 0.25) is 0 Å². The van der Waals surface area contributed by atoms with Crippen LogP contribution in [0.3, 0.4) is 0 Å². The number of hydrogen-bond donors (Lipinski definition) is 0. The van der Waals surface area contributed by atoms with E-state index in [9.17, 15) is 0 Å². The molecule has 0 aliphatic heterocycles. The molecule has 0 nitrogen and oxygen atoms in total. The maximum absolute atomic E-state index is 3.02. The Kier molecular flexibility index (Phi) is 5.81. The van der Waals surface area contributed by atoms with E-state index in [1.54, 1.807) is 0 Å². The predicted molar refractivity (Wildman–Crippen MR) is 63.1 cm³/mol. The Balaban J connectivity index is 2.15. The normalized spacial score (nSPS) is 10.9. The molecular formula is C14H19. The van der Waals surface area contributed by atoms with Gasteiger partial charge in [-0.3, -0.25) is 0 Å². The Labute approximate surface area is 87.7 Å². The zero-order valence-electron chi connectivity index (χ0n) is 9.00. The van der Waals surface area contributed by atoms with Crippen molar-refractivity contribution in [2.24, 2.45) is 0 Å². The molecule has 0 saturated carbocycles. The average molecular weight is 187 g/mol. The molecule has 0 aromatic heterocycles. The fourth-order valence-corrected chi connectivity index (χ4v) is 1.42. The Morgan fingerprint density at radius 3 is 2.64 bits per heavy atom. The number of allylic oxidation sites excluding steroid dienone is 1. The highest BCUT2D eigenvalue weighted by molar-refractivity contribution is 5.48. The van der Waals surface area contributed by atoms with Gasteiger partial charge in [0.1, 0.15) is 0 Å². The summed E-state index contributed by atoms with van der Waals surface area (Å²) in [7, 11) is 0. The Hall–Kier alpha value is -1.04. The lowest BCUT2D eigenvalue weighted by Gasteiger charge is -1.94. The van der Waals surface area contributed by atoms with E-state index in [0.717, 1.165) is 0 Å². The number of unbranched alkanes of at least 4 members (excludes halogenated alkanes) is 4. The van der Waals surface area contributed by atoms with Gasteiger partial charge in [0.05, 0.1) is 0 Å². The van der Waals surface area contributed by atoms with Crippen LogP contribution in [0.5, 0.6) is 0 Å². The molecule has 1 radical (unpaired) electrons. The summed E-state index contributed by atoms with van der Waals surface area (Å²) in [6.07, 6.45) is 11.0. The molecule has 0 atom stereocenters. The first-order valence-electron chi connectivity index (χ1n) is 5.56. The molecule has 0 fully saturated rings. The van der Waals surface area contributed by atoms with Gasteiger partial charge in [-0.25, -0.2) is 0 Å². The van der Waals surface area contributed by atoms with Gasteiger partial charge in [-0.15, -0.1) is 0 Å². The lowest BCUT2D eigenvalue weighted by molar-refractivity contribution is 0.675. The lowest BCUT2D eigenvalue weighted by Crippen LogP contribution is -1.74. The first kappa shape index (κ1) is 11.0. The van der Waals surface area contributed by atoms with E-state index in [-0.39, 0.29) is 0 Å². The first-order valence-corrected chi connectivity index (χ1v) is 5.56. The summed E-state index contributed by atoms with van der Waals surface area (Å²) in [4.78, 5) is 0. The van der Waals surface area contributed by atoms with Gasteiger partial charge in [-0.2, -0.15) is 0 Å². The van der Waals surface area contributed by atoms with Gasteiger partial charge in [-0.1, -0.05) is 62.6 Å². The van der Waals surface area contributed by atoms with Gasteiger partial charge in [0, 0.05) is 0 Å². The van der Waals surface area contributed by atoms with E-state index in [4.69, 9.17) is 0 Å². The number of benzene rings is 1. The quantitative estimate of drug-likeness (QED) is 0.576. The molecule has 14 heavy (non-hydrogen) atoms. The molecule has 75 valence electrons. The zero-order chi connectivity index (χ0) is 10.1. The maximum Gasteiger partial charge on any atom is -0.0184 e.